The van der Waals surface area contributed by atoms with Crippen LogP contribution in [-0.4, -0.2) is 105 Å². The molecule has 2 amide bonds. The minimum atomic E-state index is -0.959. The summed E-state index contributed by atoms with van der Waals surface area (Å²) in [4.78, 5) is 48.1. The molecule has 4 aliphatic heterocycles. The van der Waals surface area contributed by atoms with Crippen LogP contribution in [0.5, 0.6) is 0 Å². The predicted molar refractivity (Wildman–Crippen MR) is 114 cm³/mol. The molecule has 1 aromatic heterocycles. The second-order valence-corrected chi connectivity index (χ2v) is 8.66. The average molecular weight is 456 g/mol. The summed E-state index contributed by atoms with van der Waals surface area (Å²) in [6, 6.07) is -0.774. The first-order valence-electron chi connectivity index (χ1n) is 11.0. The summed E-state index contributed by atoms with van der Waals surface area (Å²) in [6.07, 6.45) is 7.32. The molecule has 1 aromatic rings. The van der Waals surface area contributed by atoms with Gasteiger partial charge in [0.15, 0.2) is 5.84 Å². The number of nitrogens with zero attached hydrogens (tertiary/aromatic N) is 7. The van der Waals surface area contributed by atoms with E-state index in [4.69, 9.17) is 0 Å². The van der Waals surface area contributed by atoms with Crippen molar-refractivity contribution in [3.8, 4) is 0 Å². The van der Waals surface area contributed by atoms with E-state index >= 15 is 0 Å². The summed E-state index contributed by atoms with van der Waals surface area (Å²) in [5, 5.41) is 10.6. The predicted octanol–water partition coefficient (Wildman–Crippen LogP) is -0.845. The van der Waals surface area contributed by atoms with Crippen LogP contribution in [0.25, 0.3) is 0 Å². The Bertz CT molecular complexity index is 1060. The topological polar surface area (TPSA) is 116 Å². The van der Waals surface area contributed by atoms with Crippen molar-refractivity contribution in [2.45, 2.75) is 24.9 Å². The first-order valence-corrected chi connectivity index (χ1v) is 11.0. The number of Topliss-reactive ketones (excluding diaryl/α,β-unsaturated/α-hetero) is 1. The number of amides is 2. The highest BCUT2D eigenvalue weighted by Crippen LogP contribution is 2.34. The Balaban J connectivity index is 1.23. The van der Waals surface area contributed by atoms with Gasteiger partial charge in [-0.25, -0.2) is 14.1 Å². The number of likely N-dealkylation sites (N-methyl/N-ethyl adjacent to an activating group) is 1. The normalized spacial score (nSPS) is 27.5. The molecule has 5 heterocycles. The Kier molecular flexibility index (Phi) is 5.52. The van der Waals surface area contributed by atoms with Crippen molar-refractivity contribution in [1.82, 2.24) is 35.0 Å². The summed E-state index contributed by atoms with van der Waals surface area (Å²) < 4.78 is 16.1. The number of hydrogen-bond donors (Lipinski definition) is 1. The standard InChI is InChI=1S/C21H25FN8O3/c1-27-5-2-3-15(27)20(32)28-7-9-29(10-8-28)21(33)18(31)13-11-23-17-16(13)14(22)12-24-19(17)30-6-4-25-26-30/h4,6,11-12,15-17,23H,2-3,5,7-10H2,1H3/t15-,16?,17?/m0/s1. The van der Waals surface area contributed by atoms with Gasteiger partial charge in [-0.1, -0.05) is 5.21 Å². The smallest absolute Gasteiger partial charge is 0.294 e. The third-order valence-corrected chi connectivity index (χ3v) is 6.78. The fourth-order valence-electron chi connectivity index (χ4n) is 4.93. The molecule has 5 rings (SSSR count). The average Bonchev–Trinajstić information content (AvgIpc) is 3.59. The Morgan fingerprint density at radius 2 is 1.88 bits per heavy atom. The number of fused-ring (bicyclic) bond motifs is 1. The van der Waals surface area contributed by atoms with Crippen LogP contribution in [-0.2, 0) is 14.4 Å². The number of halogens is 1. The lowest BCUT2D eigenvalue weighted by atomic mass is 9.88. The molecule has 3 atom stereocenters. The highest BCUT2D eigenvalue weighted by Gasteiger charge is 2.45. The maximum absolute atomic E-state index is 14.7. The van der Waals surface area contributed by atoms with E-state index in [0.717, 1.165) is 25.6 Å². The van der Waals surface area contributed by atoms with Crippen LogP contribution in [0.2, 0.25) is 0 Å². The number of aromatic nitrogens is 3. The third kappa shape index (κ3) is 3.73. The first kappa shape index (κ1) is 21.4. The Labute approximate surface area is 189 Å². The molecule has 0 aliphatic carbocycles. The van der Waals surface area contributed by atoms with Gasteiger partial charge in [0.25, 0.3) is 5.91 Å². The van der Waals surface area contributed by atoms with Crippen molar-refractivity contribution >= 4 is 23.4 Å². The number of ketones is 1. The van der Waals surface area contributed by atoms with E-state index in [0.29, 0.717) is 18.9 Å². The van der Waals surface area contributed by atoms with Crippen molar-refractivity contribution in [3.05, 3.63) is 36.2 Å². The number of rotatable bonds is 3. The Hall–Kier alpha value is -3.41. The van der Waals surface area contributed by atoms with E-state index < -0.39 is 29.5 Å². The number of likely N-dealkylation sites (tertiary alicyclic amines) is 1. The summed E-state index contributed by atoms with van der Waals surface area (Å²) in [5.74, 6) is -2.54. The summed E-state index contributed by atoms with van der Waals surface area (Å²) >= 11 is 0. The third-order valence-electron chi connectivity index (χ3n) is 6.78. The second-order valence-electron chi connectivity index (χ2n) is 8.66. The maximum Gasteiger partial charge on any atom is 0.294 e. The van der Waals surface area contributed by atoms with Crippen molar-refractivity contribution in [2.24, 2.45) is 10.9 Å². The lowest BCUT2D eigenvalue weighted by Gasteiger charge is -2.36. The van der Waals surface area contributed by atoms with Crippen LogP contribution < -0.4 is 5.32 Å². The highest BCUT2D eigenvalue weighted by atomic mass is 19.1. The van der Waals surface area contributed by atoms with E-state index in [-0.39, 0.29) is 30.6 Å². The molecule has 0 bridgehead atoms. The zero-order chi connectivity index (χ0) is 23.1. The van der Waals surface area contributed by atoms with Crippen LogP contribution in [0.1, 0.15) is 12.8 Å². The first-order chi connectivity index (χ1) is 16.0. The number of nitrogens with one attached hydrogen (secondary N) is 1. The molecule has 2 fully saturated rings. The van der Waals surface area contributed by atoms with Gasteiger partial charge < -0.3 is 15.1 Å². The maximum atomic E-state index is 14.7. The SMILES string of the molecule is CN1CCC[C@H]1C(=O)N1CCN(C(=O)C(=O)C2=CNC3C(n4ccnn4)=NC=C(F)C23)CC1. The fraction of sp³-hybridized carbons (Fsp3) is 0.524. The zero-order valence-electron chi connectivity index (χ0n) is 18.2. The van der Waals surface area contributed by atoms with Crippen LogP contribution in [0.4, 0.5) is 4.39 Å². The molecule has 2 saturated heterocycles. The van der Waals surface area contributed by atoms with Gasteiger partial charge in [0.05, 0.1) is 36.6 Å². The number of piperazine rings is 1. The number of hydrogen-bond acceptors (Lipinski definition) is 8. The van der Waals surface area contributed by atoms with Gasteiger partial charge in [-0.2, -0.15) is 0 Å². The van der Waals surface area contributed by atoms with Gasteiger partial charge in [0.1, 0.15) is 5.83 Å². The summed E-state index contributed by atoms with van der Waals surface area (Å²) in [7, 11) is 1.95. The molecular formula is C21H25FN8O3. The molecule has 33 heavy (non-hydrogen) atoms. The van der Waals surface area contributed by atoms with E-state index in [9.17, 15) is 18.8 Å². The van der Waals surface area contributed by atoms with Crippen LogP contribution in [0.15, 0.2) is 41.2 Å². The molecule has 12 heteroatoms. The molecule has 11 nitrogen and oxygen atoms in total. The van der Waals surface area contributed by atoms with Crippen molar-refractivity contribution in [1.29, 1.82) is 0 Å². The zero-order valence-corrected chi connectivity index (χ0v) is 18.2. The number of aliphatic imine (C=N–C) groups is 1. The van der Waals surface area contributed by atoms with Gasteiger partial charge in [0, 0.05) is 38.0 Å². The van der Waals surface area contributed by atoms with Crippen LogP contribution in [0.3, 0.4) is 0 Å². The van der Waals surface area contributed by atoms with Gasteiger partial charge in [-0.15, -0.1) is 5.10 Å². The Morgan fingerprint density at radius 3 is 2.55 bits per heavy atom. The van der Waals surface area contributed by atoms with E-state index in [1.807, 2.05) is 7.05 Å². The van der Waals surface area contributed by atoms with Gasteiger partial charge in [-0.3, -0.25) is 19.3 Å². The van der Waals surface area contributed by atoms with Gasteiger partial charge >= 0.3 is 0 Å². The lowest BCUT2D eigenvalue weighted by molar-refractivity contribution is -0.147. The molecule has 0 spiro atoms. The summed E-state index contributed by atoms with van der Waals surface area (Å²) in [6.45, 7) is 2.20. The summed E-state index contributed by atoms with van der Waals surface area (Å²) in [5.41, 5.74) is 0.0531. The molecule has 1 N–H and O–H groups in total. The molecule has 174 valence electrons. The van der Waals surface area contributed by atoms with Crippen molar-refractivity contribution in [2.75, 3.05) is 39.8 Å². The largest absolute Gasteiger partial charge is 0.380 e. The fourth-order valence-corrected chi connectivity index (χ4v) is 4.93. The van der Waals surface area contributed by atoms with Crippen LogP contribution >= 0.6 is 0 Å². The minimum absolute atomic E-state index is 0.0531. The minimum Gasteiger partial charge on any atom is -0.380 e. The van der Waals surface area contributed by atoms with Crippen molar-refractivity contribution in [3.63, 3.8) is 0 Å². The van der Waals surface area contributed by atoms with E-state index in [2.05, 4.69) is 25.5 Å². The molecule has 0 aromatic carbocycles. The molecule has 4 aliphatic rings. The second kappa shape index (κ2) is 8.50. The van der Waals surface area contributed by atoms with E-state index in [1.54, 1.807) is 11.1 Å². The van der Waals surface area contributed by atoms with E-state index in [1.165, 1.54) is 22.0 Å². The number of carbonyl (C=O) groups excluding carboxylic acids is 3. The van der Waals surface area contributed by atoms with Gasteiger partial charge in [-0.05, 0) is 26.4 Å². The van der Waals surface area contributed by atoms with Crippen LogP contribution in [0, 0.1) is 5.92 Å². The van der Waals surface area contributed by atoms with Gasteiger partial charge in [0.2, 0.25) is 11.7 Å². The molecular weight excluding hydrogens is 431 g/mol. The molecule has 0 saturated carbocycles. The number of carbonyl (C=O) groups is 3. The monoisotopic (exact) mass is 456 g/mol. The van der Waals surface area contributed by atoms with Crippen molar-refractivity contribution < 1.29 is 18.8 Å². The molecule has 0 radical (unpaired) electrons. The lowest BCUT2D eigenvalue weighted by Crippen LogP contribution is -2.55. The Morgan fingerprint density at radius 1 is 1.12 bits per heavy atom. The highest BCUT2D eigenvalue weighted by molar-refractivity contribution is 6.43. The molecule has 2 unspecified atom stereocenters. The quantitative estimate of drug-likeness (QED) is 0.590.